The molecule has 1 aliphatic rings. The Morgan fingerprint density at radius 3 is 2.50 bits per heavy atom. The zero-order valence-electron chi connectivity index (χ0n) is 8.79. The number of halogens is 1. The zero-order valence-corrected chi connectivity index (χ0v) is 10.4. The molecule has 1 N–H and O–H groups in total. The van der Waals surface area contributed by atoms with Gasteiger partial charge in [-0.1, -0.05) is 12.1 Å². The summed E-state index contributed by atoms with van der Waals surface area (Å²) in [7, 11) is 0. The van der Waals surface area contributed by atoms with Crippen LogP contribution in [-0.2, 0) is 9.59 Å². The third-order valence-electron chi connectivity index (χ3n) is 2.46. The number of rotatable bonds is 1. The molecule has 16 heavy (non-hydrogen) atoms. The van der Waals surface area contributed by atoms with Crippen molar-refractivity contribution in [3.8, 4) is 0 Å². The number of hydrogen-bond donors (Lipinski definition) is 1. The second-order valence-electron chi connectivity index (χ2n) is 3.74. The molecule has 2 amide bonds. The second-order valence-corrected chi connectivity index (χ2v) is 4.53. The topological polar surface area (TPSA) is 49.4 Å². The van der Waals surface area contributed by atoms with Gasteiger partial charge in [0.1, 0.15) is 0 Å². The molecule has 0 unspecified atom stereocenters. The highest BCUT2D eigenvalue weighted by Crippen LogP contribution is 2.29. The van der Waals surface area contributed by atoms with Crippen LogP contribution < -0.4 is 10.2 Å². The normalized spacial score (nSPS) is 16.2. The quantitative estimate of drug-likeness (QED) is 0.788. The van der Waals surface area contributed by atoms with E-state index < -0.39 is 0 Å². The third-order valence-corrected chi connectivity index (χ3v) is 3.49. The van der Waals surface area contributed by atoms with Crippen LogP contribution in [-0.4, -0.2) is 24.9 Å². The number of piperazine rings is 1. The standard InChI is InChI=1S/C11H11BrN2O2/c1-7-3-2-4-8(11(7)12)14-5-9(15)13-10(16)6-14/h2-4H,5-6H2,1H3,(H,13,15,16). The van der Waals surface area contributed by atoms with Crippen molar-refractivity contribution in [3.05, 3.63) is 28.2 Å². The first kappa shape index (κ1) is 11.1. The fraction of sp³-hybridized carbons (Fsp3) is 0.273. The molecule has 0 saturated carbocycles. The molecule has 1 heterocycles. The first-order valence-electron chi connectivity index (χ1n) is 4.90. The maximum absolute atomic E-state index is 11.3. The van der Waals surface area contributed by atoms with Crippen molar-refractivity contribution in [3.63, 3.8) is 0 Å². The van der Waals surface area contributed by atoms with Gasteiger partial charge in [-0.15, -0.1) is 0 Å². The summed E-state index contributed by atoms with van der Waals surface area (Å²) in [5.74, 6) is -0.519. The monoisotopic (exact) mass is 282 g/mol. The molecule has 1 aliphatic heterocycles. The lowest BCUT2D eigenvalue weighted by Crippen LogP contribution is -2.51. The summed E-state index contributed by atoms with van der Waals surface area (Å²) in [5, 5.41) is 2.28. The molecule has 2 rings (SSSR count). The number of imide groups is 1. The summed E-state index contributed by atoms with van der Waals surface area (Å²) in [4.78, 5) is 24.3. The Morgan fingerprint density at radius 2 is 1.88 bits per heavy atom. The van der Waals surface area contributed by atoms with E-state index in [9.17, 15) is 9.59 Å². The highest BCUT2D eigenvalue weighted by Gasteiger charge is 2.23. The maximum Gasteiger partial charge on any atom is 0.246 e. The van der Waals surface area contributed by atoms with Gasteiger partial charge in [0.25, 0.3) is 0 Å². The van der Waals surface area contributed by atoms with Crippen LogP contribution in [0.5, 0.6) is 0 Å². The van der Waals surface area contributed by atoms with Crippen LogP contribution in [0.25, 0.3) is 0 Å². The summed E-state index contributed by atoms with van der Waals surface area (Å²) < 4.78 is 0.928. The number of aryl methyl sites for hydroxylation is 1. The van der Waals surface area contributed by atoms with Gasteiger partial charge in [0, 0.05) is 4.47 Å². The summed E-state index contributed by atoms with van der Waals surface area (Å²) in [5.41, 5.74) is 1.96. The highest BCUT2D eigenvalue weighted by molar-refractivity contribution is 9.10. The van der Waals surface area contributed by atoms with Crippen molar-refractivity contribution in [1.29, 1.82) is 0 Å². The van der Waals surface area contributed by atoms with Gasteiger partial charge in [-0.05, 0) is 34.5 Å². The van der Waals surface area contributed by atoms with E-state index in [1.165, 1.54) is 0 Å². The van der Waals surface area contributed by atoms with E-state index in [1.807, 2.05) is 25.1 Å². The second kappa shape index (κ2) is 4.25. The minimum Gasteiger partial charge on any atom is -0.352 e. The first-order chi connectivity index (χ1) is 7.58. The fourth-order valence-corrected chi connectivity index (χ4v) is 2.20. The van der Waals surface area contributed by atoms with Gasteiger partial charge in [0.15, 0.2) is 0 Å². The lowest BCUT2D eigenvalue weighted by atomic mass is 10.2. The minimum atomic E-state index is -0.260. The van der Waals surface area contributed by atoms with E-state index in [4.69, 9.17) is 0 Å². The summed E-state index contributed by atoms with van der Waals surface area (Å²) in [6.45, 7) is 2.40. The molecular weight excluding hydrogens is 272 g/mol. The fourth-order valence-electron chi connectivity index (χ4n) is 1.68. The molecule has 0 radical (unpaired) electrons. The molecule has 0 bridgehead atoms. The van der Waals surface area contributed by atoms with Crippen LogP contribution in [0.3, 0.4) is 0 Å². The van der Waals surface area contributed by atoms with Gasteiger partial charge in [-0.2, -0.15) is 0 Å². The SMILES string of the molecule is Cc1cccc(N2CC(=O)NC(=O)C2)c1Br. The Balaban J connectivity index is 2.33. The molecule has 1 aromatic carbocycles. The highest BCUT2D eigenvalue weighted by atomic mass is 79.9. The Morgan fingerprint density at radius 1 is 1.25 bits per heavy atom. The molecule has 84 valence electrons. The van der Waals surface area contributed by atoms with Gasteiger partial charge in [0.2, 0.25) is 11.8 Å². The molecule has 0 spiro atoms. The van der Waals surface area contributed by atoms with Crippen LogP contribution in [0.15, 0.2) is 22.7 Å². The molecule has 1 saturated heterocycles. The number of amides is 2. The number of carbonyl (C=O) groups is 2. The van der Waals surface area contributed by atoms with Crippen LogP contribution in [0.4, 0.5) is 5.69 Å². The number of anilines is 1. The molecular formula is C11H11BrN2O2. The van der Waals surface area contributed by atoms with E-state index in [0.717, 1.165) is 15.7 Å². The zero-order chi connectivity index (χ0) is 11.7. The van der Waals surface area contributed by atoms with Crippen LogP contribution >= 0.6 is 15.9 Å². The Bertz CT molecular complexity index is 443. The lowest BCUT2D eigenvalue weighted by molar-refractivity contribution is -0.130. The summed E-state index contributed by atoms with van der Waals surface area (Å²) in [6, 6.07) is 5.77. The Kier molecular flexibility index (Phi) is 2.96. The van der Waals surface area contributed by atoms with Gasteiger partial charge in [-0.25, -0.2) is 0 Å². The first-order valence-corrected chi connectivity index (χ1v) is 5.70. The average molecular weight is 283 g/mol. The van der Waals surface area contributed by atoms with Crippen molar-refractivity contribution in [2.75, 3.05) is 18.0 Å². The van der Waals surface area contributed by atoms with E-state index in [-0.39, 0.29) is 24.9 Å². The number of nitrogens with zero attached hydrogens (tertiary/aromatic N) is 1. The number of hydrogen-bond acceptors (Lipinski definition) is 3. The summed E-state index contributed by atoms with van der Waals surface area (Å²) >= 11 is 3.47. The van der Waals surface area contributed by atoms with Crippen molar-refractivity contribution < 1.29 is 9.59 Å². The molecule has 5 heteroatoms. The molecule has 1 aromatic rings. The molecule has 0 atom stereocenters. The Hall–Kier alpha value is -1.36. The van der Waals surface area contributed by atoms with Crippen molar-refractivity contribution in [2.24, 2.45) is 0 Å². The van der Waals surface area contributed by atoms with E-state index >= 15 is 0 Å². The largest absolute Gasteiger partial charge is 0.352 e. The smallest absolute Gasteiger partial charge is 0.246 e. The van der Waals surface area contributed by atoms with E-state index in [0.29, 0.717) is 0 Å². The van der Waals surface area contributed by atoms with Crippen LogP contribution in [0.2, 0.25) is 0 Å². The van der Waals surface area contributed by atoms with Crippen LogP contribution in [0.1, 0.15) is 5.56 Å². The Labute approximate surface area is 102 Å². The lowest BCUT2D eigenvalue weighted by Gasteiger charge is -2.28. The third kappa shape index (κ3) is 2.09. The molecule has 4 nitrogen and oxygen atoms in total. The molecule has 0 aliphatic carbocycles. The van der Waals surface area contributed by atoms with Crippen LogP contribution in [0, 0.1) is 6.92 Å². The van der Waals surface area contributed by atoms with Gasteiger partial charge < -0.3 is 4.90 Å². The predicted molar refractivity (Wildman–Crippen MR) is 64.2 cm³/mol. The number of nitrogens with one attached hydrogen (secondary N) is 1. The number of carbonyl (C=O) groups excluding carboxylic acids is 2. The molecule has 0 aromatic heterocycles. The minimum absolute atomic E-state index is 0.216. The summed E-state index contributed by atoms with van der Waals surface area (Å²) in [6.07, 6.45) is 0. The van der Waals surface area contributed by atoms with E-state index in [2.05, 4.69) is 21.2 Å². The van der Waals surface area contributed by atoms with Crippen molar-refractivity contribution >= 4 is 33.4 Å². The number of benzene rings is 1. The predicted octanol–water partition coefficient (Wildman–Crippen LogP) is 1.22. The van der Waals surface area contributed by atoms with Gasteiger partial charge in [0.05, 0.1) is 18.8 Å². The van der Waals surface area contributed by atoms with Crippen molar-refractivity contribution in [1.82, 2.24) is 5.32 Å². The average Bonchev–Trinajstić information content (AvgIpc) is 2.20. The maximum atomic E-state index is 11.3. The van der Waals surface area contributed by atoms with E-state index in [1.54, 1.807) is 4.90 Å². The molecule has 1 fully saturated rings. The van der Waals surface area contributed by atoms with Gasteiger partial charge >= 0.3 is 0 Å². The van der Waals surface area contributed by atoms with Crippen molar-refractivity contribution in [2.45, 2.75) is 6.92 Å². The van der Waals surface area contributed by atoms with Gasteiger partial charge in [-0.3, -0.25) is 14.9 Å².